The number of carbonyl (C=O) groups is 2. The Morgan fingerprint density at radius 1 is 1.27 bits per heavy atom. The number of rotatable bonds is 3. The number of aromatic amines is 1. The van der Waals surface area contributed by atoms with Crippen LogP contribution >= 0.6 is 0 Å². The van der Waals surface area contributed by atoms with E-state index >= 15 is 0 Å². The minimum Gasteiger partial charge on any atom is -0.341 e. The third kappa shape index (κ3) is 2.90. The summed E-state index contributed by atoms with van der Waals surface area (Å²) >= 11 is 0. The lowest BCUT2D eigenvalue weighted by Gasteiger charge is -2.31. The van der Waals surface area contributed by atoms with Gasteiger partial charge in [-0.05, 0) is 19.8 Å². The van der Waals surface area contributed by atoms with Crippen molar-refractivity contribution in [1.82, 2.24) is 29.9 Å². The van der Waals surface area contributed by atoms with Gasteiger partial charge in [0, 0.05) is 39.1 Å². The molecule has 1 aromatic heterocycles. The molecule has 120 valence electrons. The number of amides is 3. The van der Waals surface area contributed by atoms with Crippen LogP contribution in [0.15, 0.2) is 0 Å². The summed E-state index contributed by atoms with van der Waals surface area (Å²) in [6.45, 7) is 4.81. The summed E-state index contributed by atoms with van der Waals surface area (Å²) in [6, 6.07) is -0.0561. The monoisotopic (exact) mass is 306 g/mol. The van der Waals surface area contributed by atoms with Crippen LogP contribution in [0.4, 0.5) is 4.79 Å². The van der Waals surface area contributed by atoms with Gasteiger partial charge in [-0.15, -0.1) is 0 Å². The Bertz CT molecular complexity index is 563. The van der Waals surface area contributed by atoms with Crippen molar-refractivity contribution in [3.8, 4) is 0 Å². The van der Waals surface area contributed by atoms with E-state index in [-0.39, 0.29) is 18.5 Å². The summed E-state index contributed by atoms with van der Waals surface area (Å²) in [6.07, 6.45) is 1.74. The van der Waals surface area contributed by atoms with Gasteiger partial charge in [-0.3, -0.25) is 9.89 Å². The van der Waals surface area contributed by atoms with Crippen LogP contribution in [0.25, 0.3) is 0 Å². The minimum atomic E-state index is -0.0561. The maximum atomic E-state index is 12.3. The molecule has 8 heteroatoms. The van der Waals surface area contributed by atoms with Gasteiger partial charge in [0.05, 0.1) is 0 Å². The number of nitrogens with zero attached hydrogens (tertiary/aromatic N) is 5. The molecule has 1 aromatic rings. The molecule has 8 nitrogen and oxygen atoms in total. The summed E-state index contributed by atoms with van der Waals surface area (Å²) in [5, 5.41) is 7.08. The third-order valence-corrected chi connectivity index (χ3v) is 4.46. The second kappa shape index (κ2) is 5.94. The van der Waals surface area contributed by atoms with Gasteiger partial charge in [0.25, 0.3) is 0 Å². The molecule has 0 spiro atoms. The normalized spacial score (nSPS) is 20.1. The van der Waals surface area contributed by atoms with Crippen LogP contribution < -0.4 is 0 Å². The van der Waals surface area contributed by atoms with Crippen molar-refractivity contribution in [2.75, 3.05) is 39.8 Å². The highest BCUT2D eigenvalue weighted by molar-refractivity contribution is 5.85. The smallest absolute Gasteiger partial charge is 0.320 e. The van der Waals surface area contributed by atoms with Gasteiger partial charge >= 0.3 is 6.03 Å². The lowest BCUT2D eigenvalue weighted by molar-refractivity contribution is -0.132. The first-order valence-corrected chi connectivity index (χ1v) is 7.71. The fourth-order valence-corrected chi connectivity index (χ4v) is 3.04. The number of H-pyrrole nitrogens is 1. The second-order valence-corrected chi connectivity index (χ2v) is 6.06. The predicted octanol–water partition coefficient (Wildman–Crippen LogP) is 0.187. The standard InChI is InChI=1S/C14H22N6O2/c1-10-15-13(17-16-10)11-3-5-19(6-4-11)12(21)9-20-8-7-18(2)14(20)22/h11H,3-9H2,1-2H3,(H,15,16,17). The van der Waals surface area contributed by atoms with Gasteiger partial charge in [-0.25, -0.2) is 9.78 Å². The van der Waals surface area contributed by atoms with Crippen molar-refractivity contribution >= 4 is 11.9 Å². The minimum absolute atomic E-state index is 0.0354. The van der Waals surface area contributed by atoms with E-state index in [1.165, 1.54) is 0 Å². The molecule has 22 heavy (non-hydrogen) atoms. The largest absolute Gasteiger partial charge is 0.341 e. The first-order valence-electron chi connectivity index (χ1n) is 7.71. The van der Waals surface area contributed by atoms with Crippen LogP contribution in [0.3, 0.4) is 0 Å². The molecule has 3 amide bonds. The van der Waals surface area contributed by atoms with Crippen molar-refractivity contribution in [2.45, 2.75) is 25.7 Å². The topological polar surface area (TPSA) is 85.4 Å². The van der Waals surface area contributed by atoms with Gasteiger partial charge in [-0.2, -0.15) is 5.10 Å². The Kier molecular flexibility index (Phi) is 4.00. The van der Waals surface area contributed by atoms with Crippen molar-refractivity contribution in [3.63, 3.8) is 0 Å². The molecule has 0 bridgehead atoms. The molecule has 0 aliphatic carbocycles. The van der Waals surface area contributed by atoms with E-state index in [9.17, 15) is 9.59 Å². The number of hydrogen-bond acceptors (Lipinski definition) is 4. The number of piperidine rings is 1. The first-order chi connectivity index (χ1) is 10.5. The maximum Gasteiger partial charge on any atom is 0.320 e. The zero-order chi connectivity index (χ0) is 15.7. The van der Waals surface area contributed by atoms with Gasteiger partial charge in [0.15, 0.2) is 5.82 Å². The third-order valence-electron chi connectivity index (χ3n) is 4.46. The summed E-state index contributed by atoms with van der Waals surface area (Å²) < 4.78 is 0. The number of aromatic nitrogens is 3. The van der Waals surface area contributed by atoms with Crippen LogP contribution in [0.2, 0.25) is 0 Å². The molecule has 0 aromatic carbocycles. The zero-order valence-electron chi connectivity index (χ0n) is 13.1. The number of urea groups is 1. The highest BCUT2D eigenvalue weighted by atomic mass is 16.2. The molecule has 0 radical (unpaired) electrons. The zero-order valence-corrected chi connectivity index (χ0v) is 13.1. The molecule has 2 saturated heterocycles. The summed E-state index contributed by atoms with van der Waals surface area (Å²) in [5.41, 5.74) is 0. The van der Waals surface area contributed by atoms with E-state index in [1.54, 1.807) is 16.8 Å². The first kappa shape index (κ1) is 14.8. The Balaban J connectivity index is 1.51. The fraction of sp³-hybridized carbons (Fsp3) is 0.714. The van der Waals surface area contributed by atoms with Gasteiger partial charge in [0.1, 0.15) is 12.4 Å². The van der Waals surface area contributed by atoms with E-state index in [1.807, 2.05) is 11.8 Å². The van der Waals surface area contributed by atoms with Crippen molar-refractivity contribution in [1.29, 1.82) is 0 Å². The second-order valence-electron chi connectivity index (χ2n) is 6.06. The van der Waals surface area contributed by atoms with Crippen LogP contribution in [0, 0.1) is 6.92 Å². The van der Waals surface area contributed by atoms with Gasteiger partial charge in [0.2, 0.25) is 5.91 Å². The molecule has 2 aliphatic rings. The molecular weight excluding hydrogens is 284 g/mol. The van der Waals surface area contributed by atoms with Crippen LogP contribution in [0.5, 0.6) is 0 Å². The predicted molar refractivity (Wildman–Crippen MR) is 79.3 cm³/mol. The average molecular weight is 306 g/mol. The number of likely N-dealkylation sites (N-methyl/N-ethyl adjacent to an activating group) is 1. The van der Waals surface area contributed by atoms with E-state index in [0.717, 1.165) is 24.5 Å². The fourth-order valence-electron chi connectivity index (χ4n) is 3.04. The lowest BCUT2D eigenvalue weighted by atomic mass is 9.96. The molecule has 0 atom stereocenters. The Morgan fingerprint density at radius 3 is 2.55 bits per heavy atom. The Labute approximate surface area is 129 Å². The highest BCUT2D eigenvalue weighted by Crippen LogP contribution is 2.25. The average Bonchev–Trinajstić information content (AvgIpc) is 3.08. The molecule has 2 fully saturated rings. The molecule has 1 N–H and O–H groups in total. The molecule has 2 aliphatic heterocycles. The number of carbonyl (C=O) groups excluding carboxylic acids is 2. The number of likely N-dealkylation sites (tertiary alicyclic amines) is 1. The Morgan fingerprint density at radius 2 is 2.00 bits per heavy atom. The molecule has 0 saturated carbocycles. The molecule has 0 unspecified atom stereocenters. The van der Waals surface area contributed by atoms with Crippen molar-refractivity contribution in [3.05, 3.63) is 11.6 Å². The molecule has 3 rings (SSSR count). The number of hydrogen-bond donors (Lipinski definition) is 1. The lowest BCUT2D eigenvalue weighted by Crippen LogP contribution is -2.44. The van der Waals surface area contributed by atoms with E-state index in [0.29, 0.717) is 32.1 Å². The summed E-state index contributed by atoms with van der Waals surface area (Å²) in [7, 11) is 1.76. The van der Waals surface area contributed by atoms with Crippen molar-refractivity contribution < 1.29 is 9.59 Å². The van der Waals surface area contributed by atoms with Crippen molar-refractivity contribution in [2.24, 2.45) is 0 Å². The SMILES string of the molecule is Cc1nc(C2CCN(C(=O)CN3CCN(C)C3=O)CC2)n[nH]1. The number of aryl methyl sites for hydroxylation is 1. The molecule has 3 heterocycles. The summed E-state index contributed by atoms with van der Waals surface area (Å²) in [4.78, 5) is 33.6. The summed E-state index contributed by atoms with van der Waals surface area (Å²) in [5.74, 6) is 2.02. The van der Waals surface area contributed by atoms with Gasteiger partial charge < -0.3 is 14.7 Å². The van der Waals surface area contributed by atoms with Crippen LogP contribution in [-0.2, 0) is 4.79 Å². The van der Waals surface area contributed by atoms with E-state index < -0.39 is 0 Å². The Hall–Kier alpha value is -2.12. The molecular formula is C14H22N6O2. The quantitative estimate of drug-likeness (QED) is 0.863. The maximum absolute atomic E-state index is 12.3. The van der Waals surface area contributed by atoms with E-state index in [4.69, 9.17) is 0 Å². The highest BCUT2D eigenvalue weighted by Gasteiger charge is 2.31. The van der Waals surface area contributed by atoms with Crippen LogP contribution in [0.1, 0.15) is 30.4 Å². The number of nitrogens with one attached hydrogen (secondary N) is 1. The van der Waals surface area contributed by atoms with Crippen LogP contribution in [-0.4, -0.2) is 81.6 Å². The van der Waals surface area contributed by atoms with Gasteiger partial charge in [-0.1, -0.05) is 0 Å². The van der Waals surface area contributed by atoms with E-state index in [2.05, 4.69) is 15.2 Å².